The highest BCUT2D eigenvalue weighted by atomic mass is 19.1. The smallest absolute Gasteiger partial charge is 0.255 e. The Labute approximate surface area is 126 Å². The number of amides is 1. The summed E-state index contributed by atoms with van der Waals surface area (Å²) in [6.45, 7) is 1.56. The van der Waals surface area contributed by atoms with Crippen LogP contribution >= 0.6 is 0 Å². The molecule has 0 spiro atoms. The minimum atomic E-state index is -0.744. The van der Waals surface area contributed by atoms with Gasteiger partial charge in [-0.25, -0.2) is 8.78 Å². The number of halogens is 2. The highest BCUT2D eigenvalue weighted by molar-refractivity contribution is 5.97. The molecule has 116 valence electrons. The number of hydrogen-bond acceptors (Lipinski definition) is 3. The van der Waals surface area contributed by atoms with Crippen LogP contribution in [0.5, 0.6) is 11.5 Å². The molecule has 1 unspecified atom stereocenters. The number of benzene rings is 2. The van der Waals surface area contributed by atoms with Crippen LogP contribution in [-0.2, 0) is 0 Å². The number of carbonyl (C=O) groups is 1. The van der Waals surface area contributed by atoms with Crippen molar-refractivity contribution in [3.63, 3.8) is 0 Å². The Balaban J connectivity index is 2.17. The third kappa shape index (κ3) is 3.33. The molecule has 0 aromatic heterocycles. The number of rotatable bonds is 4. The average Bonchev–Trinajstić information content (AvgIpc) is 2.46. The van der Waals surface area contributed by atoms with Gasteiger partial charge in [0, 0.05) is 17.7 Å². The summed E-state index contributed by atoms with van der Waals surface area (Å²) >= 11 is 0. The van der Waals surface area contributed by atoms with Gasteiger partial charge in [-0.15, -0.1) is 0 Å². The Morgan fingerprint density at radius 3 is 2.55 bits per heavy atom. The number of methoxy groups -OCH3 is 1. The zero-order chi connectivity index (χ0) is 16.3. The van der Waals surface area contributed by atoms with Gasteiger partial charge in [0.15, 0.2) is 0 Å². The van der Waals surface area contributed by atoms with Crippen LogP contribution in [0.1, 0.15) is 28.9 Å². The van der Waals surface area contributed by atoms with Crippen molar-refractivity contribution < 1.29 is 23.4 Å². The number of phenols is 1. The molecule has 2 rings (SSSR count). The normalized spacial score (nSPS) is 11.8. The SMILES string of the molecule is COc1ccc(C(=O)NC(C)c2ccc(F)cc2F)c(O)c1. The Bertz CT molecular complexity index is 704. The molecule has 0 bridgehead atoms. The van der Waals surface area contributed by atoms with Gasteiger partial charge in [0.1, 0.15) is 23.1 Å². The maximum Gasteiger partial charge on any atom is 0.255 e. The minimum absolute atomic E-state index is 0.0372. The zero-order valence-electron chi connectivity index (χ0n) is 12.1. The lowest BCUT2D eigenvalue weighted by molar-refractivity contribution is 0.0936. The molecule has 0 saturated heterocycles. The van der Waals surface area contributed by atoms with E-state index in [1.165, 1.54) is 31.4 Å². The molecule has 22 heavy (non-hydrogen) atoms. The van der Waals surface area contributed by atoms with Crippen LogP contribution in [0, 0.1) is 11.6 Å². The lowest BCUT2D eigenvalue weighted by Crippen LogP contribution is -2.27. The van der Waals surface area contributed by atoms with Crippen LogP contribution < -0.4 is 10.1 Å². The first-order chi connectivity index (χ1) is 10.4. The van der Waals surface area contributed by atoms with E-state index in [2.05, 4.69) is 5.32 Å². The van der Waals surface area contributed by atoms with E-state index in [4.69, 9.17) is 4.74 Å². The summed E-state index contributed by atoms with van der Waals surface area (Å²) < 4.78 is 31.5. The monoisotopic (exact) mass is 307 g/mol. The summed E-state index contributed by atoms with van der Waals surface area (Å²) in [6, 6.07) is 6.68. The van der Waals surface area contributed by atoms with Crippen molar-refractivity contribution >= 4 is 5.91 Å². The van der Waals surface area contributed by atoms with Crippen LogP contribution in [0.25, 0.3) is 0 Å². The van der Waals surface area contributed by atoms with E-state index in [1.54, 1.807) is 6.92 Å². The van der Waals surface area contributed by atoms with Crippen LogP contribution in [0.2, 0.25) is 0 Å². The molecule has 1 atom stereocenters. The Morgan fingerprint density at radius 1 is 1.23 bits per heavy atom. The molecular weight excluding hydrogens is 292 g/mol. The third-order valence-corrected chi connectivity index (χ3v) is 3.23. The third-order valence-electron chi connectivity index (χ3n) is 3.23. The van der Waals surface area contributed by atoms with Gasteiger partial charge < -0.3 is 15.2 Å². The fraction of sp³-hybridized carbons (Fsp3) is 0.188. The highest BCUT2D eigenvalue weighted by Crippen LogP contribution is 2.24. The van der Waals surface area contributed by atoms with Crippen molar-refractivity contribution in [2.75, 3.05) is 7.11 Å². The second-order valence-electron chi connectivity index (χ2n) is 4.74. The van der Waals surface area contributed by atoms with Gasteiger partial charge in [-0.1, -0.05) is 6.07 Å². The van der Waals surface area contributed by atoms with Crippen molar-refractivity contribution in [3.05, 3.63) is 59.2 Å². The van der Waals surface area contributed by atoms with Crippen LogP contribution in [0.3, 0.4) is 0 Å². The van der Waals surface area contributed by atoms with Gasteiger partial charge in [0.25, 0.3) is 5.91 Å². The fourth-order valence-corrected chi connectivity index (χ4v) is 2.04. The van der Waals surface area contributed by atoms with Crippen molar-refractivity contribution in [1.82, 2.24) is 5.32 Å². The van der Waals surface area contributed by atoms with E-state index in [0.29, 0.717) is 5.75 Å². The first-order valence-corrected chi connectivity index (χ1v) is 6.55. The predicted molar refractivity (Wildman–Crippen MR) is 76.9 cm³/mol. The number of aromatic hydroxyl groups is 1. The first kappa shape index (κ1) is 15.8. The molecule has 0 aliphatic heterocycles. The number of phenolic OH excluding ortho intramolecular Hbond substituents is 1. The van der Waals surface area contributed by atoms with E-state index >= 15 is 0 Å². The predicted octanol–water partition coefficient (Wildman–Crippen LogP) is 3.17. The number of ether oxygens (including phenoxy) is 1. The highest BCUT2D eigenvalue weighted by Gasteiger charge is 2.17. The molecular formula is C16H15F2NO3. The molecule has 1 amide bonds. The van der Waals surface area contributed by atoms with Gasteiger partial charge in [-0.3, -0.25) is 4.79 Å². The largest absolute Gasteiger partial charge is 0.507 e. The second kappa shape index (κ2) is 6.43. The van der Waals surface area contributed by atoms with Crippen LogP contribution in [0.4, 0.5) is 8.78 Å². The van der Waals surface area contributed by atoms with Gasteiger partial charge >= 0.3 is 0 Å². The fourth-order valence-electron chi connectivity index (χ4n) is 2.04. The molecule has 0 aliphatic carbocycles. The van der Waals surface area contributed by atoms with Gasteiger partial charge in [-0.05, 0) is 25.1 Å². The quantitative estimate of drug-likeness (QED) is 0.912. The van der Waals surface area contributed by atoms with E-state index in [-0.39, 0.29) is 16.9 Å². The maximum atomic E-state index is 13.7. The van der Waals surface area contributed by atoms with Crippen molar-refractivity contribution in [2.45, 2.75) is 13.0 Å². The molecule has 6 heteroatoms. The van der Waals surface area contributed by atoms with E-state index in [9.17, 15) is 18.7 Å². The summed E-state index contributed by atoms with van der Waals surface area (Å²) in [6.07, 6.45) is 0. The van der Waals surface area contributed by atoms with Gasteiger partial charge in [-0.2, -0.15) is 0 Å². The molecule has 0 saturated carbocycles. The summed E-state index contributed by atoms with van der Waals surface area (Å²) in [5.74, 6) is -1.84. The molecule has 2 aromatic carbocycles. The van der Waals surface area contributed by atoms with Crippen molar-refractivity contribution in [1.29, 1.82) is 0 Å². The summed E-state index contributed by atoms with van der Waals surface area (Å²) in [5.41, 5.74) is 0.193. The van der Waals surface area contributed by atoms with E-state index in [0.717, 1.165) is 12.1 Å². The first-order valence-electron chi connectivity index (χ1n) is 6.55. The minimum Gasteiger partial charge on any atom is -0.507 e. The molecule has 2 N–H and O–H groups in total. The van der Waals surface area contributed by atoms with Crippen LogP contribution in [-0.4, -0.2) is 18.1 Å². The maximum absolute atomic E-state index is 13.7. The van der Waals surface area contributed by atoms with E-state index in [1.807, 2.05) is 0 Å². The topological polar surface area (TPSA) is 58.6 Å². The Kier molecular flexibility index (Phi) is 4.60. The lowest BCUT2D eigenvalue weighted by Gasteiger charge is -2.16. The average molecular weight is 307 g/mol. The molecule has 2 aromatic rings. The second-order valence-corrected chi connectivity index (χ2v) is 4.74. The number of carbonyl (C=O) groups excluding carboxylic acids is 1. The molecule has 0 radical (unpaired) electrons. The molecule has 0 fully saturated rings. The lowest BCUT2D eigenvalue weighted by atomic mass is 10.1. The summed E-state index contributed by atoms with van der Waals surface area (Å²) in [4.78, 5) is 12.1. The zero-order valence-corrected chi connectivity index (χ0v) is 12.1. The molecule has 4 nitrogen and oxygen atoms in total. The molecule has 0 aliphatic rings. The van der Waals surface area contributed by atoms with Crippen molar-refractivity contribution in [2.24, 2.45) is 0 Å². The number of nitrogens with one attached hydrogen (secondary N) is 1. The van der Waals surface area contributed by atoms with Crippen molar-refractivity contribution in [3.8, 4) is 11.5 Å². The van der Waals surface area contributed by atoms with E-state index < -0.39 is 23.6 Å². The Morgan fingerprint density at radius 2 is 1.95 bits per heavy atom. The van der Waals surface area contributed by atoms with Gasteiger partial charge in [0.05, 0.1) is 18.7 Å². The summed E-state index contributed by atoms with van der Waals surface area (Å²) in [7, 11) is 1.44. The Hall–Kier alpha value is -2.63. The van der Waals surface area contributed by atoms with Gasteiger partial charge in [0.2, 0.25) is 0 Å². The molecule has 0 heterocycles. The standard InChI is InChI=1S/C16H15F2NO3/c1-9(12-5-3-10(17)7-14(12)18)19-16(21)13-6-4-11(22-2)8-15(13)20/h3-9,20H,1-2H3,(H,19,21). The van der Waals surface area contributed by atoms with Crippen LogP contribution in [0.15, 0.2) is 36.4 Å². The summed E-state index contributed by atoms with van der Waals surface area (Å²) in [5, 5.41) is 12.4. The number of hydrogen-bond donors (Lipinski definition) is 2.